The normalized spacial score (nSPS) is 10.7. The van der Waals surface area contributed by atoms with Crippen LogP contribution in [-0.4, -0.2) is 18.9 Å². The lowest BCUT2D eigenvalue weighted by Crippen LogP contribution is -2.08. The summed E-state index contributed by atoms with van der Waals surface area (Å²) in [6.07, 6.45) is 3.31. The zero-order valence-corrected chi connectivity index (χ0v) is 14.9. The van der Waals surface area contributed by atoms with Gasteiger partial charge in [0.05, 0.1) is 12.7 Å². The molecule has 0 atom stereocenters. The summed E-state index contributed by atoms with van der Waals surface area (Å²) in [6, 6.07) is 17.1. The van der Waals surface area contributed by atoms with E-state index in [0.717, 1.165) is 4.88 Å². The van der Waals surface area contributed by atoms with Gasteiger partial charge in [-0.15, -0.1) is 11.3 Å². The molecule has 0 aliphatic carbocycles. The highest BCUT2D eigenvalue weighted by molar-refractivity contribution is 7.10. The number of hydrogen-bond acceptors (Lipinski definition) is 5. The lowest BCUT2D eigenvalue weighted by atomic mass is 10.1. The van der Waals surface area contributed by atoms with E-state index in [1.165, 1.54) is 13.2 Å². The zero-order valence-electron chi connectivity index (χ0n) is 14.0. The topological polar surface area (TPSA) is 52.6 Å². The fraction of sp³-hybridized carbons (Fsp3) is 0.0476. The Bertz CT molecular complexity index is 925. The number of allylic oxidation sites excluding steroid dienone is 1. The molecule has 2 aromatic carbocycles. The first kappa shape index (κ1) is 17.6. The Morgan fingerprint density at radius 1 is 0.923 bits per heavy atom. The fourth-order valence-corrected chi connectivity index (χ4v) is 2.86. The summed E-state index contributed by atoms with van der Waals surface area (Å²) in [5.41, 5.74) is 0.919. The number of carbonyl (C=O) groups is 2. The molecule has 0 bridgehead atoms. The highest BCUT2D eigenvalue weighted by Gasteiger charge is 2.10. The minimum Gasteiger partial charge on any atom is -0.497 e. The molecule has 3 rings (SSSR count). The van der Waals surface area contributed by atoms with Gasteiger partial charge in [-0.2, -0.15) is 0 Å². The van der Waals surface area contributed by atoms with Gasteiger partial charge in [0.1, 0.15) is 11.5 Å². The van der Waals surface area contributed by atoms with E-state index in [-0.39, 0.29) is 5.78 Å². The van der Waals surface area contributed by atoms with E-state index in [1.807, 2.05) is 17.5 Å². The third-order valence-electron chi connectivity index (χ3n) is 3.60. The molecule has 0 aliphatic heterocycles. The third-order valence-corrected chi connectivity index (χ3v) is 4.43. The first-order chi connectivity index (χ1) is 12.7. The Hall–Kier alpha value is -3.18. The van der Waals surface area contributed by atoms with E-state index in [4.69, 9.17) is 9.47 Å². The maximum Gasteiger partial charge on any atom is 0.343 e. The van der Waals surface area contributed by atoms with Gasteiger partial charge in [-0.05, 0) is 66.1 Å². The zero-order chi connectivity index (χ0) is 18.4. The summed E-state index contributed by atoms with van der Waals surface area (Å²) in [4.78, 5) is 25.4. The van der Waals surface area contributed by atoms with Crippen molar-refractivity contribution >= 4 is 29.2 Å². The Labute approximate surface area is 155 Å². The summed E-state index contributed by atoms with van der Waals surface area (Å²) in [5, 5.41) is 1.95. The second-order valence-corrected chi connectivity index (χ2v) is 6.34. The monoisotopic (exact) mass is 364 g/mol. The molecule has 0 saturated carbocycles. The molecular weight excluding hydrogens is 348 g/mol. The number of ketones is 1. The molecule has 3 aromatic rings. The van der Waals surface area contributed by atoms with Crippen molar-refractivity contribution < 1.29 is 19.1 Å². The molecular formula is C21H16O4S. The smallest absolute Gasteiger partial charge is 0.343 e. The number of benzene rings is 2. The molecule has 0 fully saturated rings. The van der Waals surface area contributed by atoms with Gasteiger partial charge in [-0.1, -0.05) is 12.1 Å². The second kappa shape index (κ2) is 8.27. The summed E-state index contributed by atoms with van der Waals surface area (Å²) in [5.74, 6) is 0.360. The van der Waals surface area contributed by atoms with Crippen LogP contribution < -0.4 is 9.47 Å². The van der Waals surface area contributed by atoms with E-state index in [9.17, 15) is 9.59 Å². The maximum absolute atomic E-state index is 12.2. The molecule has 5 heteroatoms. The van der Waals surface area contributed by atoms with Crippen molar-refractivity contribution in [3.63, 3.8) is 0 Å². The molecule has 0 spiro atoms. The van der Waals surface area contributed by atoms with E-state index in [2.05, 4.69) is 0 Å². The summed E-state index contributed by atoms with van der Waals surface area (Å²) in [6.45, 7) is 0. The van der Waals surface area contributed by atoms with Gasteiger partial charge in [0, 0.05) is 10.4 Å². The number of thiophene rings is 1. The first-order valence-corrected chi connectivity index (χ1v) is 8.76. The summed E-state index contributed by atoms with van der Waals surface area (Å²) < 4.78 is 10.4. The highest BCUT2D eigenvalue weighted by Crippen LogP contribution is 2.18. The van der Waals surface area contributed by atoms with Crippen LogP contribution >= 0.6 is 11.3 Å². The lowest BCUT2D eigenvalue weighted by Gasteiger charge is -2.06. The van der Waals surface area contributed by atoms with Crippen LogP contribution in [0.4, 0.5) is 0 Å². The number of rotatable bonds is 6. The first-order valence-electron chi connectivity index (χ1n) is 7.88. The lowest BCUT2D eigenvalue weighted by molar-refractivity contribution is 0.0734. The Balaban J connectivity index is 1.65. The SMILES string of the molecule is COc1cccc(C(=O)Oc2ccc(C(=O)C=Cc3cccs3)cc2)c1. The van der Waals surface area contributed by atoms with Crippen LogP contribution in [0.25, 0.3) is 6.08 Å². The predicted molar refractivity (Wildman–Crippen MR) is 102 cm³/mol. The number of carbonyl (C=O) groups excluding carboxylic acids is 2. The second-order valence-electron chi connectivity index (χ2n) is 5.36. The van der Waals surface area contributed by atoms with Crippen molar-refractivity contribution in [2.24, 2.45) is 0 Å². The molecule has 0 radical (unpaired) electrons. The van der Waals surface area contributed by atoms with Gasteiger partial charge < -0.3 is 9.47 Å². The minimum atomic E-state index is -0.486. The summed E-state index contributed by atoms with van der Waals surface area (Å²) >= 11 is 1.56. The Morgan fingerprint density at radius 3 is 2.42 bits per heavy atom. The van der Waals surface area contributed by atoms with Crippen LogP contribution in [0.1, 0.15) is 25.6 Å². The van der Waals surface area contributed by atoms with Crippen molar-refractivity contribution in [2.45, 2.75) is 0 Å². The van der Waals surface area contributed by atoms with Gasteiger partial charge in [-0.3, -0.25) is 4.79 Å². The van der Waals surface area contributed by atoms with Crippen LogP contribution in [-0.2, 0) is 0 Å². The van der Waals surface area contributed by atoms with Crippen LogP contribution in [0.15, 0.2) is 72.1 Å². The molecule has 130 valence electrons. The summed E-state index contributed by atoms with van der Waals surface area (Å²) in [7, 11) is 1.53. The third kappa shape index (κ3) is 4.46. The molecule has 1 aromatic heterocycles. The standard InChI is InChI=1S/C21H16O4S/c1-24-18-5-2-4-16(14-18)21(23)25-17-9-7-15(8-10-17)20(22)12-11-19-6-3-13-26-19/h2-14H,1H3. The number of methoxy groups -OCH3 is 1. The number of hydrogen-bond donors (Lipinski definition) is 0. The van der Waals surface area contributed by atoms with Crippen molar-refractivity contribution in [3.05, 3.63) is 88.1 Å². The van der Waals surface area contributed by atoms with Crippen LogP contribution in [0.2, 0.25) is 0 Å². The Morgan fingerprint density at radius 2 is 1.73 bits per heavy atom. The van der Waals surface area contributed by atoms with Crippen molar-refractivity contribution in [2.75, 3.05) is 7.11 Å². The van der Waals surface area contributed by atoms with Gasteiger partial charge in [-0.25, -0.2) is 4.79 Å². The molecule has 0 aliphatic rings. The largest absolute Gasteiger partial charge is 0.497 e. The van der Waals surface area contributed by atoms with E-state index >= 15 is 0 Å². The molecule has 1 heterocycles. The van der Waals surface area contributed by atoms with Gasteiger partial charge >= 0.3 is 5.97 Å². The van der Waals surface area contributed by atoms with Gasteiger partial charge in [0.15, 0.2) is 5.78 Å². The molecule has 26 heavy (non-hydrogen) atoms. The van der Waals surface area contributed by atoms with Crippen molar-refractivity contribution in [3.8, 4) is 11.5 Å². The Kier molecular flexibility index (Phi) is 5.61. The van der Waals surface area contributed by atoms with Crippen LogP contribution in [0.3, 0.4) is 0 Å². The number of ether oxygens (including phenoxy) is 2. The van der Waals surface area contributed by atoms with Gasteiger partial charge in [0.25, 0.3) is 0 Å². The van der Waals surface area contributed by atoms with Crippen molar-refractivity contribution in [1.82, 2.24) is 0 Å². The highest BCUT2D eigenvalue weighted by atomic mass is 32.1. The molecule has 0 saturated heterocycles. The average molecular weight is 364 g/mol. The molecule has 0 N–H and O–H groups in total. The predicted octanol–water partition coefficient (Wildman–Crippen LogP) is 4.87. The quantitative estimate of drug-likeness (QED) is 0.271. The van der Waals surface area contributed by atoms with E-state index < -0.39 is 5.97 Å². The fourth-order valence-electron chi connectivity index (χ4n) is 2.24. The average Bonchev–Trinajstić information content (AvgIpc) is 3.20. The molecule has 4 nitrogen and oxygen atoms in total. The van der Waals surface area contributed by atoms with Crippen LogP contribution in [0, 0.1) is 0 Å². The van der Waals surface area contributed by atoms with Crippen LogP contribution in [0.5, 0.6) is 11.5 Å². The van der Waals surface area contributed by atoms with Gasteiger partial charge in [0.2, 0.25) is 0 Å². The number of esters is 1. The van der Waals surface area contributed by atoms with E-state index in [0.29, 0.717) is 22.6 Å². The molecule has 0 unspecified atom stereocenters. The van der Waals surface area contributed by atoms with Crippen molar-refractivity contribution in [1.29, 1.82) is 0 Å². The maximum atomic E-state index is 12.2. The van der Waals surface area contributed by atoms with E-state index in [1.54, 1.807) is 65.9 Å². The molecule has 0 amide bonds. The minimum absolute atomic E-state index is 0.107.